The average molecular weight is 351 g/mol. The fourth-order valence-electron chi connectivity index (χ4n) is 3.15. The van der Waals surface area contributed by atoms with E-state index in [9.17, 15) is 4.79 Å². The van der Waals surface area contributed by atoms with Crippen molar-refractivity contribution in [3.63, 3.8) is 0 Å². The van der Waals surface area contributed by atoms with Crippen LogP contribution < -0.4 is 5.32 Å². The van der Waals surface area contributed by atoms with Crippen LogP contribution in [0.1, 0.15) is 84.5 Å². The smallest absolute Gasteiger partial charge is 0.243 e. The zero-order valence-corrected chi connectivity index (χ0v) is 16.5. The first-order valence-electron chi connectivity index (χ1n) is 9.68. The molecule has 2 heterocycles. The summed E-state index contributed by atoms with van der Waals surface area (Å²) in [5, 5.41) is 7.20. The van der Waals surface area contributed by atoms with Crippen molar-refractivity contribution in [1.82, 2.24) is 20.4 Å². The van der Waals surface area contributed by atoms with Crippen LogP contribution in [0.4, 0.5) is 0 Å². The Balaban J connectivity index is 1.81. The molecule has 25 heavy (non-hydrogen) atoms. The largest absolute Gasteiger partial charge is 0.356 e. The Morgan fingerprint density at radius 1 is 1.32 bits per heavy atom. The molecule has 1 amide bonds. The Morgan fingerprint density at radius 2 is 2.00 bits per heavy atom. The van der Waals surface area contributed by atoms with Crippen molar-refractivity contribution in [1.29, 1.82) is 0 Å². The standard InChI is InChI=1S/C19H34N4O2/c1-6-7-8-11-20-16(24)15-9-12-23(13-10-15)14(2)17-21-18(22-25-17)19(3,4)5/h14-15H,6-13H2,1-5H3,(H,20,24). The Labute approximate surface area is 151 Å². The highest BCUT2D eigenvalue weighted by Crippen LogP contribution is 2.27. The van der Waals surface area contributed by atoms with E-state index in [0.717, 1.165) is 44.7 Å². The first-order chi connectivity index (χ1) is 11.8. The summed E-state index contributed by atoms with van der Waals surface area (Å²) in [6, 6.07) is 0.0946. The molecule has 1 atom stereocenters. The highest BCUT2D eigenvalue weighted by molar-refractivity contribution is 5.78. The number of amides is 1. The molecule has 1 aromatic rings. The molecule has 6 heteroatoms. The molecule has 1 aromatic heterocycles. The van der Waals surface area contributed by atoms with Crippen molar-refractivity contribution in [2.45, 2.75) is 78.2 Å². The molecule has 0 aliphatic carbocycles. The SMILES string of the molecule is CCCCCNC(=O)C1CCN(C(C)c2nc(C(C)(C)C)no2)CC1. The van der Waals surface area contributed by atoms with Gasteiger partial charge < -0.3 is 9.84 Å². The van der Waals surface area contributed by atoms with E-state index in [0.29, 0.717) is 5.89 Å². The molecule has 1 unspecified atom stereocenters. The van der Waals surface area contributed by atoms with Gasteiger partial charge in [0.2, 0.25) is 11.8 Å². The molecule has 0 bridgehead atoms. The van der Waals surface area contributed by atoms with Gasteiger partial charge in [-0.05, 0) is 39.3 Å². The molecule has 1 N–H and O–H groups in total. The molecule has 1 saturated heterocycles. The van der Waals surface area contributed by atoms with E-state index in [-0.39, 0.29) is 23.3 Å². The summed E-state index contributed by atoms with van der Waals surface area (Å²) in [4.78, 5) is 19.2. The maximum absolute atomic E-state index is 12.3. The number of carbonyl (C=O) groups is 1. The van der Waals surface area contributed by atoms with Gasteiger partial charge in [-0.15, -0.1) is 0 Å². The molecule has 2 rings (SSSR count). The zero-order valence-electron chi connectivity index (χ0n) is 16.5. The van der Waals surface area contributed by atoms with E-state index >= 15 is 0 Å². The molecular formula is C19H34N4O2. The van der Waals surface area contributed by atoms with Crippen molar-refractivity contribution < 1.29 is 9.32 Å². The molecule has 6 nitrogen and oxygen atoms in total. The molecule has 0 spiro atoms. The first-order valence-corrected chi connectivity index (χ1v) is 9.68. The number of piperidine rings is 1. The maximum Gasteiger partial charge on any atom is 0.243 e. The second-order valence-corrected chi connectivity index (χ2v) is 8.19. The predicted octanol–water partition coefficient (Wildman–Crippen LogP) is 3.45. The summed E-state index contributed by atoms with van der Waals surface area (Å²) in [5.74, 6) is 1.78. The van der Waals surface area contributed by atoms with Crippen LogP contribution in [0.25, 0.3) is 0 Å². The molecule has 0 radical (unpaired) electrons. The second-order valence-electron chi connectivity index (χ2n) is 8.19. The normalized spacial score (nSPS) is 18.3. The minimum atomic E-state index is -0.107. The second kappa shape index (κ2) is 8.79. The molecule has 1 aliphatic rings. The minimum Gasteiger partial charge on any atom is -0.356 e. The molecular weight excluding hydrogens is 316 g/mol. The number of hydrogen-bond donors (Lipinski definition) is 1. The third-order valence-electron chi connectivity index (χ3n) is 5.00. The van der Waals surface area contributed by atoms with Gasteiger partial charge >= 0.3 is 0 Å². The molecule has 0 saturated carbocycles. The van der Waals surface area contributed by atoms with Crippen molar-refractivity contribution in [3.8, 4) is 0 Å². The average Bonchev–Trinajstić information content (AvgIpc) is 3.08. The molecule has 1 aliphatic heterocycles. The molecule has 142 valence electrons. The lowest BCUT2D eigenvalue weighted by Crippen LogP contribution is -2.41. The van der Waals surface area contributed by atoms with Crippen LogP contribution in [0.2, 0.25) is 0 Å². The van der Waals surface area contributed by atoms with Crippen molar-refractivity contribution in [2.75, 3.05) is 19.6 Å². The highest BCUT2D eigenvalue weighted by atomic mass is 16.5. The van der Waals surface area contributed by atoms with Crippen molar-refractivity contribution in [3.05, 3.63) is 11.7 Å². The van der Waals surface area contributed by atoms with E-state index in [4.69, 9.17) is 4.52 Å². The number of nitrogens with zero attached hydrogens (tertiary/aromatic N) is 3. The Hall–Kier alpha value is -1.43. The maximum atomic E-state index is 12.3. The van der Waals surface area contributed by atoms with Crippen LogP contribution in [0, 0.1) is 5.92 Å². The van der Waals surface area contributed by atoms with Gasteiger partial charge in [0.25, 0.3) is 0 Å². The number of nitrogens with one attached hydrogen (secondary N) is 1. The first kappa shape index (κ1) is 19.9. The third-order valence-corrected chi connectivity index (χ3v) is 5.00. The van der Waals surface area contributed by atoms with Gasteiger partial charge in [-0.25, -0.2) is 0 Å². The lowest BCUT2D eigenvalue weighted by molar-refractivity contribution is -0.126. The summed E-state index contributed by atoms with van der Waals surface area (Å²) in [5.41, 5.74) is -0.107. The fourth-order valence-corrected chi connectivity index (χ4v) is 3.15. The quantitative estimate of drug-likeness (QED) is 0.763. The minimum absolute atomic E-state index is 0.0946. The number of rotatable bonds is 7. The molecule has 0 aromatic carbocycles. The van der Waals surface area contributed by atoms with E-state index < -0.39 is 0 Å². The number of likely N-dealkylation sites (tertiary alicyclic amines) is 1. The van der Waals surface area contributed by atoms with Gasteiger partial charge in [0, 0.05) is 17.9 Å². The van der Waals surface area contributed by atoms with E-state index in [2.05, 4.69) is 55.0 Å². The van der Waals surface area contributed by atoms with Gasteiger partial charge in [-0.2, -0.15) is 4.98 Å². The van der Waals surface area contributed by atoms with Crippen LogP contribution in [0.15, 0.2) is 4.52 Å². The fraction of sp³-hybridized carbons (Fsp3) is 0.842. The summed E-state index contributed by atoms with van der Waals surface area (Å²) >= 11 is 0. The Bertz CT molecular complexity index is 542. The number of hydrogen-bond acceptors (Lipinski definition) is 5. The van der Waals surface area contributed by atoms with Gasteiger partial charge in [-0.1, -0.05) is 45.7 Å². The van der Waals surface area contributed by atoms with E-state index in [1.165, 1.54) is 12.8 Å². The van der Waals surface area contributed by atoms with Crippen LogP contribution in [0.5, 0.6) is 0 Å². The Kier molecular flexibility index (Phi) is 6.99. The van der Waals surface area contributed by atoms with E-state index in [1.807, 2.05) is 0 Å². The number of aromatic nitrogens is 2. The zero-order chi connectivity index (χ0) is 18.4. The van der Waals surface area contributed by atoms with Crippen molar-refractivity contribution in [2.24, 2.45) is 5.92 Å². The summed E-state index contributed by atoms with van der Waals surface area (Å²) in [7, 11) is 0. The summed E-state index contributed by atoms with van der Waals surface area (Å²) in [6.45, 7) is 13.1. The van der Waals surface area contributed by atoms with Gasteiger partial charge in [0.1, 0.15) is 0 Å². The highest BCUT2D eigenvalue weighted by Gasteiger charge is 2.30. The number of carbonyl (C=O) groups excluding carboxylic acids is 1. The van der Waals surface area contributed by atoms with Crippen LogP contribution in [-0.4, -0.2) is 40.6 Å². The van der Waals surface area contributed by atoms with Crippen LogP contribution in [-0.2, 0) is 10.2 Å². The van der Waals surface area contributed by atoms with Crippen LogP contribution >= 0.6 is 0 Å². The summed E-state index contributed by atoms with van der Waals surface area (Å²) < 4.78 is 5.47. The van der Waals surface area contributed by atoms with Gasteiger partial charge in [-0.3, -0.25) is 9.69 Å². The number of unbranched alkanes of at least 4 members (excludes halogenated alkanes) is 2. The lowest BCUT2D eigenvalue weighted by Gasteiger charge is -2.33. The topological polar surface area (TPSA) is 71.3 Å². The summed E-state index contributed by atoms with van der Waals surface area (Å²) in [6.07, 6.45) is 5.22. The van der Waals surface area contributed by atoms with Gasteiger partial charge in [0.15, 0.2) is 5.82 Å². The molecule has 1 fully saturated rings. The van der Waals surface area contributed by atoms with Crippen LogP contribution in [0.3, 0.4) is 0 Å². The van der Waals surface area contributed by atoms with Gasteiger partial charge in [0.05, 0.1) is 6.04 Å². The predicted molar refractivity (Wildman–Crippen MR) is 98.2 cm³/mol. The Morgan fingerprint density at radius 3 is 2.56 bits per heavy atom. The monoisotopic (exact) mass is 350 g/mol. The van der Waals surface area contributed by atoms with E-state index in [1.54, 1.807) is 0 Å². The van der Waals surface area contributed by atoms with Crippen molar-refractivity contribution >= 4 is 5.91 Å². The third kappa shape index (κ3) is 5.53. The lowest BCUT2D eigenvalue weighted by atomic mass is 9.94.